The molecule has 4 heteroatoms. The Balaban J connectivity index is 2.24. The second kappa shape index (κ2) is 4.53. The molecule has 0 radical (unpaired) electrons. The molecule has 0 saturated carbocycles. The zero-order valence-corrected chi connectivity index (χ0v) is 9.33. The number of aliphatic hydroxyl groups excluding tert-OH is 1. The second-order valence-corrected chi connectivity index (χ2v) is 4.73. The van der Waals surface area contributed by atoms with Crippen LogP contribution in [0.1, 0.15) is 17.2 Å². The maximum absolute atomic E-state index is 11.6. The number of ketones is 1. The van der Waals surface area contributed by atoms with Gasteiger partial charge >= 0.3 is 0 Å². The van der Waals surface area contributed by atoms with Gasteiger partial charge in [0.25, 0.3) is 0 Å². The van der Waals surface area contributed by atoms with Crippen molar-refractivity contribution in [2.45, 2.75) is 11.7 Å². The number of Topliss-reactive ketones (excluding diaryl/α,β-unsaturated/α-hetero) is 1. The van der Waals surface area contributed by atoms with Gasteiger partial charge in [0.15, 0.2) is 5.78 Å². The Hall–Kier alpha value is -1.55. The number of nitrogens with one attached hydrogen (secondary N) is 1. The summed E-state index contributed by atoms with van der Waals surface area (Å²) >= 11 is 1.31. The summed E-state index contributed by atoms with van der Waals surface area (Å²) < 4.78 is 0. The largest absolute Gasteiger partial charge is 0.515 e. The highest BCUT2D eigenvalue weighted by atomic mass is 32.2. The molecule has 1 heterocycles. The molecule has 1 aliphatic heterocycles. The molecule has 0 amide bonds. The van der Waals surface area contributed by atoms with E-state index in [1.54, 1.807) is 0 Å². The van der Waals surface area contributed by atoms with Gasteiger partial charge in [0, 0.05) is 11.7 Å². The van der Waals surface area contributed by atoms with Crippen molar-refractivity contribution in [2.75, 3.05) is 0 Å². The first kappa shape index (κ1) is 11.0. The summed E-state index contributed by atoms with van der Waals surface area (Å²) in [6, 6.07) is 9.66. The maximum Gasteiger partial charge on any atom is 0.170 e. The van der Waals surface area contributed by atoms with Gasteiger partial charge in [-0.15, -0.1) is 0 Å². The summed E-state index contributed by atoms with van der Waals surface area (Å²) in [5.74, 6) is -0.167. The van der Waals surface area contributed by atoms with Crippen LogP contribution >= 0.6 is 11.8 Å². The Kier molecular flexibility index (Phi) is 3.10. The highest BCUT2D eigenvalue weighted by molar-refractivity contribution is 8.14. The van der Waals surface area contributed by atoms with E-state index in [0.29, 0.717) is 6.42 Å². The highest BCUT2D eigenvalue weighted by Gasteiger charge is 2.29. The molecular formula is C12H11NO2S. The molecule has 0 aromatic heterocycles. The molecule has 0 spiro atoms. The van der Waals surface area contributed by atoms with Crippen LogP contribution in [0, 0.1) is 5.41 Å². The van der Waals surface area contributed by atoms with Crippen LogP contribution in [0.3, 0.4) is 0 Å². The summed E-state index contributed by atoms with van der Waals surface area (Å²) in [7, 11) is 0. The lowest BCUT2D eigenvalue weighted by Crippen LogP contribution is -2.19. The van der Waals surface area contributed by atoms with Gasteiger partial charge in [-0.05, 0) is 5.56 Å². The van der Waals surface area contributed by atoms with Gasteiger partial charge in [0.2, 0.25) is 0 Å². The van der Waals surface area contributed by atoms with E-state index in [1.165, 1.54) is 11.8 Å². The van der Waals surface area contributed by atoms with Crippen molar-refractivity contribution in [3.8, 4) is 0 Å². The standard InChI is InChI=1S/C12H11NO2S/c13-12-9(7-14)10(15)6-11(16-12)8-4-2-1-3-5-8/h1-5,7,11,13-14H,6H2/b9-7-,13-12?. The average molecular weight is 233 g/mol. The Labute approximate surface area is 97.7 Å². The van der Waals surface area contributed by atoms with Crippen LogP contribution in [0.2, 0.25) is 0 Å². The highest BCUT2D eigenvalue weighted by Crippen LogP contribution is 2.39. The zero-order valence-electron chi connectivity index (χ0n) is 8.51. The van der Waals surface area contributed by atoms with E-state index in [4.69, 9.17) is 10.5 Å². The fourth-order valence-electron chi connectivity index (χ4n) is 1.64. The molecule has 1 aromatic carbocycles. The molecule has 3 nitrogen and oxygen atoms in total. The van der Waals surface area contributed by atoms with Crippen molar-refractivity contribution < 1.29 is 9.90 Å². The third-order valence-corrected chi connectivity index (χ3v) is 3.66. The number of carbonyl (C=O) groups excluding carboxylic acids is 1. The Bertz CT molecular complexity index is 433. The number of rotatable bonds is 1. The van der Waals surface area contributed by atoms with Crippen molar-refractivity contribution in [2.24, 2.45) is 0 Å². The van der Waals surface area contributed by atoms with Gasteiger partial charge in [-0.2, -0.15) is 0 Å². The molecule has 0 bridgehead atoms. The van der Waals surface area contributed by atoms with Gasteiger partial charge in [-0.3, -0.25) is 10.2 Å². The Morgan fingerprint density at radius 1 is 1.38 bits per heavy atom. The van der Waals surface area contributed by atoms with Gasteiger partial charge < -0.3 is 5.11 Å². The molecule has 16 heavy (non-hydrogen) atoms. The van der Waals surface area contributed by atoms with Crippen molar-refractivity contribution in [3.05, 3.63) is 47.7 Å². The molecule has 0 aliphatic carbocycles. The van der Waals surface area contributed by atoms with E-state index in [1.807, 2.05) is 30.3 Å². The van der Waals surface area contributed by atoms with E-state index < -0.39 is 0 Å². The smallest absolute Gasteiger partial charge is 0.170 e. The summed E-state index contributed by atoms with van der Waals surface area (Å²) in [4.78, 5) is 11.6. The molecular weight excluding hydrogens is 222 g/mol. The van der Waals surface area contributed by atoms with Crippen molar-refractivity contribution >= 4 is 22.6 Å². The molecule has 2 rings (SSSR count). The van der Waals surface area contributed by atoms with Crippen LogP contribution in [-0.4, -0.2) is 15.9 Å². The molecule has 82 valence electrons. The molecule has 1 unspecified atom stereocenters. The number of hydrogen-bond donors (Lipinski definition) is 2. The first-order valence-corrected chi connectivity index (χ1v) is 5.78. The number of aliphatic hydroxyl groups is 1. The first-order valence-electron chi connectivity index (χ1n) is 4.90. The molecule has 1 aliphatic rings. The van der Waals surface area contributed by atoms with Crippen LogP contribution in [0.4, 0.5) is 0 Å². The lowest BCUT2D eigenvalue weighted by molar-refractivity contribution is -0.115. The predicted octanol–water partition coefficient (Wildman–Crippen LogP) is 2.85. The third kappa shape index (κ3) is 2.02. The quantitative estimate of drug-likeness (QED) is 0.579. The van der Waals surface area contributed by atoms with Crippen LogP contribution in [0.5, 0.6) is 0 Å². The summed E-state index contributed by atoms with van der Waals surface area (Å²) in [5, 5.41) is 16.7. The fourth-order valence-corrected chi connectivity index (χ4v) is 2.74. The lowest BCUT2D eigenvalue weighted by Gasteiger charge is -2.22. The molecule has 1 saturated heterocycles. The van der Waals surface area contributed by atoms with E-state index >= 15 is 0 Å². The SMILES string of the molecule is N=C1SC(c2ccccc2)CC(=O)/C1=C/O. The minimum Gasteiger partial charge on any atom is -0.515 e. The van der Waals surface area contributed by atoms with Crippen molar-refractivity contribution in [3.63, 3.8) is 0 Å². The van der Waals surface area contributed by atoms with Gasteiger partial charge in [-0.1, -0.05) is 42.1 Å². The molecule has 1 aromatic rings. The second-order valence-electron chi connectivity index (χ2n) is 3.52. The van der Waals surface area contributed by atoms with Gasteiger partial charge in [0.05, 0.1) is 11.8 Å². The molecule has 2 N–H and O–H groups in total. The Morgan fingerprint density at radius 2 is 2.06 bits per heavy atom. The number of benzene rings is 1. The minimum absolute atomic E-state index is 0.00935. The van der Waals surface area contributed by atoms with E-state index in [-0.39, 0.29) is 21.7 Å². The number of hydrogen-bond acceptors (Lipinski definition) is 4. The van der Waals surface area contributed by atoms with Crippen LogP contribution < -0.4 is 0 Å². The summed E-state index contributed by atoms with van der Waals surface area (Å²) in [5.41, 5.74) is 1.17. The van der Waals surface area contributed by atoms with Crippen molar-refractivity contribution in [1.29, 1.82) is 5.41 Å². The van der Waals surface area contributed by atoms with E-state index in [2.05, 4.69) is 0 Å². The normalized spacial score (nSPS) is 23.8. The number of carbonyl (C=O) groups is 1. The fraction of sp³-hybridized carbons (Fsp3) is 0.167. The summed E-state index contributed by atoms with van der Waals surface area (Å²) in [6.45, 7) is 0. The third-order valence-electron chi connectivity index (χ3n) is 2.48. The molecule has 1 atom stereocenters. The molecule has 1 fully saturated rings. The first-order chi connectivity index (χ1) is 7.72. The van der Waals surface area contributed by atoms with Gasteiger partial charge in [0.1, 0.15) is 5.04 Å². The lowest BCUT2D eigenvalue weighted by atomic mass is 10.0. The van der Waals surface area contributed by atoms with Crippen LogP contribution in [-0.2, 0) is 4.79 Å². The topological polar surface area (TPSA) is 61.2 Å². The van der Waals surface area contributed by atoms with Gasteiger partial charge in [-0.25, -0.2) is 0 Å². The maximum atomic E-state index is 11.6. The summed E-state index contributed by atoms with van der Waals surface area (Å²) in [6.07, 6.45) is 1.07. The van der Waals surface area contributed by atoms with E-state index in [0.717, 1.165) is 11.8 Å². The number of thioether (sulfide) groups is 1. The average Bonchev–Trinajstić information content (AvgIpc) is 2.30. The van der Waals surface area contributed by atoms with Crippen molar-refractivity contribution in [1.82, 2.24) is 0 Å². The van der Waals surface area contributed by atoms with E-state index in [9.17, 15) is 4.79 Å². The zero-order chi connectivity index (χ0) is 11.5. The Morgan fingerprint density at radius 3 is 2.62 bits per heavy atom. The van der Waals surface area contributed by atoms with Crippen LogP contribution in [0.15, 0.2) is 42.2 Å². The van der Waals surface area contributed by atoms with Crippen LogP contribution in [0.25, 0.3) is 0 Å². The minimum atomic E-state index is -0.167. The predicted molar refractivity (Wildman–Crippen MR) is 64.8 cm³/mol. The monoisotopic (exact) mass is 233 g/mol.